The molecule has 0 saturated heterocycles. The second-order valence-electron chi connectivity index (χ2n) is 6.87. The third-order valence-corrected chi connectivity index (χ3v) is 4.97. The molecule has 4 aromatic rings. The highest BCUT2D eigenvalue weighted by molar-refractivity contribution is 5.69. The Morgan fingerprint density at radius 3 is 2.21 bits per heavy atom. The molecule has 0 amide bonds. The lowest BCUT2D eigenvalue weighted by Gasteiger charge is -2.14. The molecule has 1 atom stereocenters. The first-order valence-corrected chi connectivity index (χ1v) is 9.37. The summed E-state index contributed by atoms with van der Waals surface area (Å²) in [4.78, 5) is 0. The molecule has 0 aliphatic heterocycles. The van der Waals surface area contributed by atoms with Gasteiger partial charge in [-0.05, 0) is 41.3 Å². The maximum absolute atomic E-state index is 13.1. The number of aromatic amines is 1. The molecule has 140 valence electrons. The van der Waals surface area contributed by atoms with Gasteiger partial charge in [-0.25, -0.2) is 4.39 Å². The maximum atomic E-state index is 13.1. The molecule has 0 fully saturated rings. The van der Waals surface area contributed by atoms with Crippen molar-refractivity contribution in [2.75, 3.05) is 0 Å². The second-order valence-corrected chi connectivity index (χ2v) is 6.87. The highest BCUT2D eigenvalue weighted by Crippen LogP contribution is 2.26. The van der Waals surface area contributed by atoms with E-state index in [-0.39, 0.29) is 11.9 Å². The van der Waals surface area contributed by atoms with Gasteiger partial charge in [0.1, 0.15) is 5.82 Å². The van der Waals surface area contributed by atoms with Crippen LogP contribution in [-0.2, 0) is 6.54 Å². The number of aromatic nitrogens is 2. The van der Waals surface area contributed by atoms with Crippen LogP contribution in [0.15, 0.2) is 85.1 Å². The Morgan fingerprint density at radius 2 is 1.50 bits per heavy atom. The molecule has 0 aliphatic rings. The van der Waals surface area contributed by atoms with Gasteiger partial charge in [-0.15, -0.1) is 0 Å². The minimum atomic E-state index is -0.216. The fourth-order valence-corrected chi connectivity index (χ4v) is 3.29. The standard InChI is InChI=1S/C24H22FN3/c1-17(18-11-13-23(25)14-12-18)26-15-22-16-27-28-24(22)21-9-7-20(8-10-21)19-5-3-2-4-6-19/h2-14,16-17,26H,15H2,1H3,(H,27,28). The van der Waals surface area contributed by atoms with E-state index in [1.165, 1.54) is 23.3 Å². The summed E-state index contributed by atoms with van der Waals surface area (Å²) in [5.41, 5.74) is 6.66. The summed E-state index contributed by atoms with van der Waals surface area (Å²) in [6.07, 6.45) is 1.85. The highest BCUT2D eigenvalue weighted by Gasteiger charge is 2.11. The van der Waals surface area contributed by atoms with Gasteiger partial charge >= 0.3 is 0 Å². The highest BCUT2D eigenvalue weighted by atomic mass is 19.1. The molecule has 4 rings (SSSR count). The van der Waals surface area contributed by atoms with Crippen LogP contribution in [0.5, 0.6) is 0 Å². The van der Waals surface area contributed by atoms with E-state index in [4.69, 9.17) is 0 Å². The first kappa shape index (κ1) is 18.1. The summed E-state index contributed by atoms with van der Waals surface area (Å²) in [6, 6.07) is 25.5. The summed E-state index contributed by atoms with van der Waals surface area (Å²) in [5, 5.41) is 10.8. The first-order valence-electron chi connectivity index (χ1n) is 9.37. The van der Waals surface area contributed by atoms with Crippen LogP contribution in [0.3, 0.4) is 0 Å². The predicted molar refractivity (Wildman–Crippen MR) is 111 cm³/mol. The van der Waals surface area contributed by atoms with Crippen LogP contribution in [0.25, 0.3) is 22.4 Å². The Kier molecular flexibility index (Phi) is 5.31. The zero-order chi connectivity index (χ0) is 19.3. The van der Waals surface area contributed by atoms with Gasteiger partial charge in [0, 0.05) is 18.2 Å². The molecule has 28 heavy (non-hydrogen) atoms. The van der Waals surface area contributed by atoms with Crippen LogP contribution >= 0.6 is 0 Å². The van der Waals surface area contributed by atoms with E-state index < -0.39 is 0 Å². The molecule has 0 aliphatic carbocycles. The van der Waals surface area contributed by atoms with E-state index in [0.29, 0.717) is 6.54 Å². The quantitative estimate of drug-likeness (QED) is 0.454. The molecule has 4 heteroatoms. The lowest BCUT2D eigenvalue weighted by molar-refractivity contribution is 0.571. The minimum absolute atomic E-state index is 0.115. The summed E-state index contributed by atoms with van der Waals surface area (Å²) < 4.78 is 13.1. The average Bonchev–Trinajstić information content (AvgIpc) is 3.22. The van der Waals surface area contributed by atoms with Crippen LogP contribution in [0, 0.1) is 5.82 Å². The summed E-state index contributed by atoms with van der Waals surface area (Å²) in [7, 11) is 0. The number of halogens is 1. The summed E-state index contributed by atoms with van der Waals surface area (Å²) >= 11 is 0. The smallest absolute Gasteiger partial charge is 0.123 e. The van der Waals surface area contributed by atoms with Crippen molar-refractivity contribution in [2.45, 2.75) is 19.5 Å². The van der Waals surface area contributed by atoms with Crippen LogP contribution in [0.2, 0.25) is 0 Å². The second kappa shape index (κ2) is 8.19. The predicted octanol–water partition coefficient (Wildman–Crippen LogP) is 5.73. The zero-order valence-electron chi connectivity index (χ0n) is 15.7. The molecule has 0 radical (unpaired) electrons. The Labute approximate surface area is 164 Å². The molecule has 0 saturated carbocycles. The van der Waals surface area contributed by atoms with Crippen LogP contribution in [0.4, 0.5) is 4.39 Å². The number of H-pyrrole nitrogens is 1. The van der Waals surface area contributed by atoms with Crippen LogP contribution in [0.1, 0.15) is 24.1 Å². The van der Waals surface area contributed by atoms with Crippen molar-refractivity contribution in [1.29, 1.82) is 0 Å². The largest absolute Gasteiger partial charge is 0.306 e. The molecule has 0 spiro atoms. The SMILES string of the molecule is CC(NCc1cn[nH]c1-c1ccc(-c2ccccc2)cc1)c1ccc(F)cc1. The van der Waals surface area contributed by atoms with E-state index in [2.05, 4.69) is 58.8 Å². The van der Waals surface area contributed by atoms with Gasteiger partial charge in [0.05, 0.1) is 11.9 Å². The van der Waals surface area contributed by atoms with Gasteiger partial charge in [-0.1, -0.05) is 66.7 Å². The molecule has 1 heterocycles. The van der Waals surface area contributed by atoms with Gasteiger partial charge < -0.3 is 5.32 Å². The Balaban J connectivity index is 1.47. The van der Waals surface area contributed by atoms with Crippen molar-refractivity contribution in [3.05, 3.63) is 102 Å². The van der Waals surface area contributed by atoms with Crippen LogP contribution < -0.4 is 5.32 Å². The van der Waals surface area contributed by atoms with Gasteiger partial charge in [0.15, 0.2) is 0 Å². The van der Waals surface area contributed by atoms with E-state index >= 15 is 0 Å². The van der Waals surface area contributed by atoms with E-state index in [1.807, 2.05) is 36.5 Å². The van der Waals surface area contributed by atoms with Crippen molar-refractivity contribution in [2.24, 2.45) is 0 Å². The molecular formula is C24H22FN3. The monoisotopic (exact) mass is 371 g/mol. The van der Waals surface area contributed by atoms with Gasteiger partial charge in [-0.2, -0.15) is 5.10 Å². The molecule has 2 N–H and O–H groups in total. The molecule has 0 bridgehead atoms. The maximum Gasteiger partial charge on any atom is 0.123 e. The Morgan fingerprint density at radius 1 is 0.857 bits per heavy atom. The fraction of sp³-hybridized carbons (Fsp3) is 0.125. The molecular weight excluding hydrogens is 349 g/mol. The van der Waals surface area contributed by atoms with Gasteiger partial charge in [0.25, 0.3) is 0 Å². The number of benzene rings is 3. The number of nitrogens with one attached hydrogen (secondary N) is 2. The van der Waals surface area contributed by atoms with E-state index in [9.17, 15) is 4.39 Å². The fourth-order valence-electron chi connectivity index (χ4n) is 3.29. The zero-order valence-corrected chi connectivity index (χ0v) is 15.7. The lowest BCUT2D eigenvalue weighted by atomic mass is 10.0. The summed E-state index contributed by atoms with van der Waals surface area (Å²) in [6.45, 7) is 2.74. The van der Waals surface area contributed by atoms with E-state index in [0.717, 1.165) is 22.4 Å². The molecule has 1 aromatic heterocycles. The van der Waals surface area contributed by atoms with Crippen LogP contribution in [-0.4, -0.2) is 10.2 Å². The summed E-state index contributed by atoms with van der Waals surface area (Å²) in [5.74, 6) is -0.216. The van der Waals surface area contributed by atoms with Crippen molar-refractivity contribution in [3.63, 3.8) is 0 Å². The van der Waals surface area contributed by atoms with Gasteiger partial charge in [-0.3, -0.25) is 5.10 Å². The van der Waals surface area contributed by atoms with Crippen molar-refractivity contribution in [3.8, 4) is 22.4 Å². The first-order chi connectivity index (χ1) is 13.7. The van der Waals surface area contributed by atoms with Crippen molar-refractivity contribution in [1.82, 2.24) is 15.5 Å². The number of hydrogen-bond donors (Lipinski definition) is 2. The molecule has 1 unspecified atom stereocenters. The third kappa shape index (κ3) is 4.02. The van der Waals surface area contributed by atoms with Crippen molar-refractivity contribution < 1.29 is 4.39 Å². The molecule has 3 nitrogen and oxygen atoms in total. The van der Waals surface area contributed by atoms with Gasteiger partial charge in [0.2, 0.25) is 0 Å². The molecule has 3 aromatic carbocycles. The average molecular weight is 371 g/mol. The minimum Gasteiger partial charge on any atom is -0.306 e. The lowest BCUT2D eigenvalue weighted by Crippen LogP contribution is -2.18. The normalized spacial score (nSPS) is 12.1. The number of nitrogens with zero attached hydrogens (tertiary/aromatic N) is 1. The Bertz CT molecular complexity index is 1020. The third-order valence-electron chi connectivity index (χ3n) is 4.97. The van der Waals surface area contributed by atoms with Crippen molar-refractivity contribution >= 4 is 0 Å². The Hall–Kier alpha value is -3.24. The number of rotatable bonds is 6. The van der Waals surface area contributed by atoms with E-state index in [1.54, 1.807) is 0 Å². The number of hydrogen-bond acceptors (Lipinski definition) is 2. The topological polar surface area (TPSA) is 40.7 Å².